The van der Waals surface area contributed by atoms with Gasteiger partial charge < -0.3 is 14.1 Å². The third-order valence-electron chi connectivity index (χ3n) is 5.30. The van der Waals surface area contributed by atoms with Crippen LogP contribution >= 0.6 is 0 Å². The maximum absolute atomic E-state index is 12.7. The summed E-state index contributed by atoms with van der Waals surface area (Å²) in [6, 6.07) is 14.3. The molecule has 0 spiro atoms. The van der Waals surface area contributed by atoms with Crippen LogP contribution in [0.3, 0.4) is 0 Å². The molecule has 5 nitrogen and oxygen atoms in total. The van der Waals surface area contributed by atoms with E-state index in [1.807, 2.05) is 42.2 Å². The lowest BCUT2D eigenvalue weighted by molar-refractivity contribution is -0.132. The van der Waals surface area contributed by atoms with Crippen LogP contribution in [0.2, 0.25) is 0 Å². The molecule has 0 saturated carbocycles. The number of hydrogen-bond donors (Lipinski definition) is 0. The molecule has 0 saturated heterocycles. The molecule has 0 bridgehead atoms. The van der Waals surface area contributed by atoms with Gasteiger partial charge in [0.1, 0.15) is 5.75 Å². The molecule has 1 aromatic heterocycles. The van der Waals surface area contributed by atoms with E-state index in [1.165, 1.54) is 16.7 Å². The standard InChI is InChI=1S/C24H26N2O3/c1-3-28-21-9-8-18-12-13-26(16-20(18)14-21)24(27)11-10-23-25-15-22(29-23)19-6-4-17(2)5-7-19/h4-9,14-15H,3,10-13,16H2,1-2H3. The van der Waals surface area contributed by atoms with E-state index in [1.54, 1.807) is 6.20 Å². The summed E-state index contributed by atoms with van der Waals surface area (Å²) in [6.45, 7) is 6.05. The van der Waals surface area contributed by atoms with Crippen molar-refractivity contribution < 1.29 is 13.9 Å². The zero-order valence-electron chi connectivity index (χ0n) is 17.0. The Morgan fingerprint density at radius 3 is 2.79 bits per heavy atom. The Labute approximate surface area is 171 Å². The Kier molecular flexibility index (Phi) is 5.65. The van der Waals surface area contributed by atoms with E-state index in [4.69, 9.17) is 9.15 Å². The summed E-state index contributed by atoms with van der Waals surface area (Å²) in [5.74, 6) is 2.34. The summed E-state index contributed by atoms with van der Waals surface area (Å²) >= 11 is 0. The Morgan fingerprint density at radius 2 is 2.00 bits per heavy atom. The molecule has 1 aliphatic heterocycles. The number of carbonyl (C=O) groups excluding carboxylic acids is 1. The second-order valence-corrected chi connectivity index (χ2v) is 7.41. The summed E-state index contributed by atoms with van der Waals surface area (Å²) in [5.41, 5.74) is 4.68. The van der Waals surface area contributed by atoms with Crippen LogP contribution in [-0.2, 0) is 24.2 Å². The van der Waals surface area contributed by atoms with Crippen LogP contribution in [0.5, 0.6) is 5.75 Å². The lowest BCUT2D eigenvalue weighted by Gasteiger charge is -2.29. The number of aromatic nitrogens is 1. The van der Waals surface area contributed by atoms with Crippen molar-refractivity contribution in [2.24, 2.45) is 0 Å². The van der Waals surface area contributed by atoms with Crippen molar-refractivity contribution in [2.45, 2.75) is 39.7 Å². The topological polar surface area (TPSA) is 55.6 Å². The molecule has 0 aliphatic carbocycles. The first-order valence-electron chi connectivity index (χ1n) is 10.2. The Morgan fingerprint density at radius 1 is 1.17 bits per heavy atom. The number of amides is 1. The largest absolute Gasteiger partial charge is 0.494 e. The Hall–Kier alpha value is -3.08. The van der Waals surface area contributed by atoms with Gasteiger partial charge in [-0.15, -0.1) is 0 Å². The van der Waals surface area contributed by atoms with E-state index >= 15 is 0 Å². The van der Waals surface area contributed by atoms with E-state index in [0.29, 0.717) is 31.9 Å². The molecule has 1 aliphatic rings. The number of ether oxygens (including phenoxy) is 1. The van der Waals surface area contributed by atoms with Gasteiger partial charge >= 0.3 is 0 Å². The summed E-state index contributed by atoms with van der Waals surface area (Å²) in [5, 5.41) is 0. The van der Waals surface area contributed by atoms with Crippen molar-refractivity contribution in [3.05, 3.63) is 71.2 Å². The highest BCUT2D eigenvalue weighted by molar-refractivity contribution is 5.76. The van der Waals surface area contributed by atoms with Crippen LogP contribution in [0.4, 0.5) is 0 Å². The van der Waals surface area contributed by atoms with Crippen molar-refractivity contribution in [1.82, 2.24) is 9.88 Å². The average Bonchev–Trinajstić information content (AvgIpc) is 3.21. The molecule has 150 valence electrons. The molecule has 29 heavy (non-hydrogen) atoms. The predicted molar refractivity (Wildman–Crippen MR) is 112 cm³/mol. The number of rotatable bonds is 6. The third kappa shape index (κ3) is 4.50. The molecule has 2 aromatic carbocycles. The van der Waals surface area contributed by atoms with Crippen LogP contribution in [0.1, 0.15) is 35.9 Å². The molecule has 3 aromatic rings. The highest BCUT2D eigenvalue weighted by Crippen LogP contribution is 2.25. The van der Waals surface area contributed by atoms with Crippen molar-refractivity contribution in [1.29, 1.82) is 0 Å². The Bertz CT molecular complexity index is 992. The van der Waals surface area contributed by atoms with Crippen LogP contribution < -0.4 is 4.74 Å². The van der Waals surface area contributed by atoms with Gasteiger partial charge in [-0.25, -0.2) is 4.98 Å². The fourth-order valence-corrected chi connectivity index (χ4v) is 3.65. The first-order valence-corrected chi connectivity index (χ1v) is 10.2. The zero-order chi connectivity index (χ0) is 20.2. The second kappa shape index (κ2) is 8.52. The number of oxazole rings is 1. The Balaban J connectivity index is 1.35. The number of nitrogens with zero attached hydrogens (tertiary/aromatic N) is 2. The van der Waals surface area contributed by atoms with E-state index < -0.39 is 0 Å². The maximum atomic E-state index is 12.7. The van der Waals surface area contributed by atoms with Gasteiger partial charge in [-0.05, 0) is 43.5 Å². The van der Waals surface area contributed by atoms with E-state index in [9.17, 15) is 4.79 Å². The van der Waals surface area contributed by atoms with Crippen molar-refractivity contribution in [3.63, 3.8) is 0 Å². The molecule has 4 rings (SSSR count). The zero-order valence-corrected chi connectivity index (χ0v) is 17.0. The van der Waals surface area contributed by atoms with Crippen LogP contribution in [0, 0.1) is 6.92 Å². The first-order chi connectivity index (χ1) is 14.1. The fraction of sp³-hybridized carbons (Fsp3) is 0.333. The lowest BCUT2D eigenvalue weighted by atomic mass is 9.99. The molecule has 1 amide bonds. The number of fused-ring (bicyclic) bond motifs is 1. The minimum Gasteiger partial charge on any atom is -0.494 e. The SMILES string of the molecule is CCOc1ccc2c(c1)CN(C(=O)CCc1ncc(-c3ccc(C)cc3)o1)CC2. The van der Waals surface area contributed by atoms with Gasteiger partial charge in [0.05, 0.1) is 12.8 Å². The lowest BCUT2D eigenvalue weighted by Crippen LogP contribution is -2.36. The van der Waals surface area contributed by atoms with Gasteiger partial charge in [0.2, 0.25) is 5.91 Å². The third-order valence-corrected chi connectivity index (χ3v) is 5.30. The van der Waals surface area contributed by atoms with Crippen molar-refractivity contribution in [2.75, 3.05) is 13.2 Å². The molecule has 2 heterocycles. The quantitative estimate of drug-likeness (QED) is 0.619. The number of carbonyl (C=O) groups is 1. The molecule has 0 N–H and O–H groups in total. The van der Waals surface area contributed by atoms with Gasteiger partial charge in [-0.3, -0.25) is 4.79 Å². The smallest absolute Gasteiger partial charge is 0.223 e. The van der Waals surface area contributed by atoms with Gasteiger partial charge in [-0.2, -0.15) is 0 Å². The van der Waals surface area contributed by atoms with Gasteiger partial charge in [0.15, 0.2) is 11.7 Å². The molecule has 0 atom stereocenters. The number of hydrogen-bond acceptors (Lipinski definition) is 4. The van der Waals surface area contributed by atoms with Crippen molar-refractivity contribution >= 4 is 5.91 Å². The fourth-order valence-electron chi connectivity index (χ4n) is 3.65. The highest BCUT2D eigenvalue weighted by atomic mass is 16.5. The molecule has 5 heteroatoms. The molecular weight excluding hydrogens is 364 g/mol. The normalized spacial score (nSPS) is 13.2. The summed E-state index contributed by atoms with van der Waals surface area (Å²) in [4.78, 5) is 19.0. The van der Waals surface area contributed by atoms with Crippen LogP contribution in [0.15, 0.2) is 53.1 Å². The van der Waals surface area contributed by atoms with Gasteiger partial charge in [-0.1, -0.05) is 35.9 Å². The number of aryl methyl sites for hydroxylation is 2. The first kappa shape index (κ1) is 19.2. The highest BCUT2D eigenvalue weighted by Gasteiger charge is 2.21. The minimum absolute atomic E-state index is 0.132. The number of benzene rings is 2. The van der Waals surface area contributed by atoms with E-state index in [2.05, 4.69) is 24.0 Å². The summed E-state index contributed by atoms with van der Waals surface area (Å²) in [7, 11) is 0. The van der Waals surface area contributed by atoms with Crippen LogP contribution in [0.25, 0.3) is 11.3 Å². The summed E-state index contributed by atoms with van der Waals surface area (Å²) < 4.78 is 11.4. The molecule has 0 fully saturated rings. The van der Waals surface area contributed by atoms with Crippen LogP contribution in [-0.4, -0.2) is 28.9 Å². The van der Waals surface area contributed by atoms with Gasteiger partial charge in [0, 0.05) is 31.5 Å². The maximum Gasteiger partial charge on any atom is 0.223 e. The monoisotopic (exact) mass is 390 g/mol. The average molecular weight is 390 g/mol. The minimum atomic E-state index is 0.132. The van der Waals surface area contributed by atoms with Crippen molar-refractivity contribution in [3.8, 4) is 17.1 Å². The van der Waals surface area contributed by atoms with Gasteiger partial charge in [0.25, 0.3) is 0 Å². The second-order valence-electron chi connectivity index (χ2n) is 7.41. The predicted octanol–water partition coefficient (Wildman–Crippen LogP) is 4.57. The summed E-state index contributed by atoms with van der Waals surface area (Å²) in [6.07, 6.45) is 3.52. The molecular formula is C24H26N2O3. The molecule has 0 radical (unpaired) electrons. The van der Waals surface area contributed by atoms with E-state index in [-0.39, 0.29) is 5.91 Å². The molecule has 0 unspecified atom stereocenters. The van der Waals surface area contributed by atoms with E-state index in [0.717, 1.165) is 30.0 Å².